The van der Waals surface area contributed by atoms with Crippen molar-refractivity contribution >= 4 is 32.5 Å². The molecule has 4 heteroatoms. The molecule has 0 amide bonds. The molecule has 1 aliphatic heterocycles. The molecule has 0 spiro atoms. The van der Waals surface area contributed by atoms with Crippen molar-refractivity contribution in [2.45, 2.75) is 38.8 Å². The molecule has 0 unspecified atom stereocenters. The second-order valence-corrected chi connectivity index (χ2v) is 6.67. The Kier molecular flexibility index (Phi) is 2.97. The minimum atomic E-state index is 0.630. The maximum Gasteiger partial charge on any atom is 0.0756 e. The summed E-state index contributed by atoms with van der Waals surface area (Å²) < 4.78 is 6.77. The molecule has 0 saturated heterocycles. The van der Waals surface area contributed by atoms with Crippen molar-refractivity contribution < 1.29 is 4.74 Å². The molecule has 1 aliphatic carbocycles. The van der Waals surface area contributed by atoms with Crippen molar-refractivity contribution in [3.8, 4) is 0 Å². The van der Waals surface area contributed by atoms with Crippen LogP contribution in [0.5, 0.6) is 0 Å². The van der Waals surface area contributed by atoms with E-state index in [4.69, 9.17) is 9.72 Å². The van der Waals surface area contributed by atoms with E-state index in [1.807, 2.05) is 0 Å². The third-order valence-electron chi connectivity index (χ3n) is 4.09. The number of aromatic nitrogens is 1. The number of aryl methyl sites for hydroxylation is 1. The van der Waals surface area contributed by atoms with Crippen LogP contribution in [0.3, 0.4) is 0 Å². The molecular formula is C16H17BrN2O. The van der Waals surface area contributed by atoms with Gasteiger partial charge in [-0.05, 0) is 37.5 Å². The Labute approximate surface area is 126 Å². The molecule has 0 bridgehead atoms. The van der Waals surface area contributed by atoms with E-state index in [1.165, 1.54) is 40.7 Å². The number of nitrogens with zero attached hydrogens (tertiary/aromatic N) is 1. The quantitative estimate of drug-likeness (QED) is 0.903. The van der Waals surface area contributed by atoms with E-state index in [0.29, 0.717) is 12.6 Å². The zero-order valence-electron chi connectivity index (χ0n) is 11.5. The van der Waals surface area contributed by atoms with Crippen molar-refractivity contribution in [1.82, 2.24) is 4.98 Å². The minimum absolute atomic E-state index is 0.630. The zero-order chi connectivity index (χ0) is 13.7. The third kappa shape index (κ3) is 2.11. The number of benzene rings is 1. The largest absolute Gasteiger partial charge is 0.381 e. The number of hydrogen-bond acceptors (Lipinski definition) is 3. The Morgan fingerprint density at radius 3 is 3.00 bits per heavy atom. The van der Waals surface area contributed by atoms with E-state index in [1.54, 1.807) is 0 Å². The molecule has 2 aliphatic rings. The Morgan fingerprint density at radius 1 is 1.35 bits per heavy atom. The normalized spacial score (nSPS) is 18.1. The van der Waals surface area contributed by atoms with Gasteiger partial charge in [0.05, 0.1) is 30.1 Å². The predicted molar refractivity (Wildman–Crippen MR) is 84.2 cm³/mol. The molecule has 1 fully saturated rings. The van der Waals surface area contributed by atoms with Gasteiger partial charge in [0.25, 0.3) is 0 Å². The first-order chi connectivity index (χ1) is 9.72. The van der Waals surface area contributed by atoms with Gasteiger partial charge >= 0.3 is 0 Å². The summed E-state index contributed by atoms with van der Waals surface area (Å²) in [6.45, 7) is 3.59. The van der Waals surface area contributed by atoms with Crippen LogP contribution in [0, 0.1) is 6.92 Å². The Bertz CT molecular complexity index is 695. The van der Waals surface area contributed by atoms with Crippen LogP contribution >= 0.6 is 15.9 Å². The van der Waals surface area contributed by atoms with E-state index in [9.17, 15) is 0 Å². The third-order valence-corrected chi connectivity index (χ3v) is 4.54. The molecule has 104 valence electrons. The van der Waals surface area contributed by atoms with Gasteiger partial charge < -0.3 is 10.1 Å². The van der Waals surface area contributed by atoms with Crippen LogP contribution in [-0.2, 0) is 17.8 Å². The predicted octanol–water partition coefficient (Wildman–Crippen LogP) is 3.95. The van der Waals surface area contributed by atoms with Crippen LogP contribution in [0.25, 0.3) is 10.9 Å². The second-order valence-electron chi connectivity index (χ2n) is 5.75. The summed E-state index contributed by atoms with van der Waals surface area (Å²) in [4.78, 5) is 4.90. The summed E-state index contributed by atoms with van der Waals surface area (Å²) >= 11 is 3.61. The number of fused-ring (bicyclic) bond motifs is 2. The number of halogens is 1. The fraction of sp³-hybridized carbons (Fsp3) is 0.438. The van der Waals surface area contributed by atoms with Gasteiger partial charge in [-0.3, -0.25) is 4.98 Å². The van der Waals surface area contributed by atoms with E-state index in [-0.39, 0.29) is 0 Å². The average molecular weight is 333 g/mol. The molecule has 1 aromatic carbocycles. The van der Waals surface area contributed by atoms with Gasteiger partial charge in [-0.2, -0.15) is 0 Å². The number of hydrogen-bond donors (Lipinski definition) is 1. The van der Waals surface area contributed by atoms with Crippen LogP contribution in [0.15, 0.2) is 16.6 Å². The van der Waals surface area contributed by atoms with Gasteiger partial charge in [0.1, 0.15) is 0 Å². The lowest BCUT2D eigenvalue weighted by Gasteiger charge is -2.22. The highest BCUT2D eigenvalue weighted by molar-refractivity contribution is 9.10. The standard InChI is InChI=1S/C16H17BrN2O/c1-9-6-10(17)7-12-15(9)19-14-4-5-20-8-13(14)16(12)18-11-2-3-11/h6-7,11H,2-5,8H2,1H3,(H,18,19). The second kappa shape index (κ2) is 4.71. The van der Waals surface area contributed by atoms with Crippen molar-refractivity contribution in [3.05, 3.63) is 33.4 Å². The summed E-state index contributed by atoms with van der Waals surface area (Å²) in [6.07, 6.45) is 3.46. The maximum atomic E-state index is 5.66. The lowest BCUT2D eigenvalue weighted by atomic mass is 10.0. The van der Waals surface area contributed by atoms with Crippen molar-refractivity contribution in [2.75, 3.05) is 11.9 Å². The van der Waals surface area contributed by atoms with Gasteiger partial charge in [0, 0.05) is 27.9 Å². The fourth-order valence-electron chi connectivity index (χ4n) is 2.89. The molecule has 1 aromatic heterocycles. The average Bonchev–Trinajstić information content (AvgIpc) is 3.24. The Hall–Kier alpha value is -1.13. The molecule has 0 radical (unpaired) electrons. The molecule has 0 atom stereocenters. The number of anilines is 1. The highest BCUT2D eigenvalue weighted by atomic mass is 79.9. The zero-order valence-corrected chi connectivity index (χ0v) is 13.1. The van der Waals surface area contributed by atoms with Crippen LogP contribution in [0.4, 0.5) is 5.69 Å². The van der Waals surface area contributed by atoms with Crippen molar-refractivity contribution in [3.63, 3.8) is 0 Å². The topological polar surface area (TPSA) is 34.2 Å². The minimum Gasteiger partial charge on any atom is -0.381 e. The van der Waals surface area contributed by atoms with Gasteiger partial charge in [-0.1, -0.05) is 15.9 Å². The van der Waals surface area contributed by atoms with Crippen LogP contribution in [0.1, 0.15) is 29.7 Å². The first-order valence-corrected chi connectivity index (χ1v) is 7.97. The first kappa shape index (κ1) is 12.6. The van der Waals surface area contributed by atoms with Gasteiger partial charge in [0.2, 0.25) is 0 Å². The summed E-state index contributed by atoms with van der Waals surface area (Å²) in [5.74, 6) is 0. The van der Waals surface area contributed by atoms with E-state index < -0.39 is 0 Å². The maximum absolute atomic E-state index is 5.66. The number of nitrogens with one attached hydrogen (secondary N) is 1. The smallest absolute Gasteiger partial charge is 0.0756 e. The summed E-state index contributed by atoms with van der Waals surface area (Å²) in [6, 6.07) is 4.95. The number of pyridine rings is 1. The molecule has 1 N–H and O–H groups in total. The van der Waals surface area contributed by atoms with Crippen molar-refractivity contribution in [2.24, 2.45) is 0 Å². The van der Waals surface area contributed by atoms with Gasteiger partial charge in [-0.25, -0.2) is 0 Å². The SMILES string of the molecule is Cc1cc(Br)cc2c(NC3CC3)c3c(nc12)CCOC3. The van der Waals surface area contributed by atoms with Crippen LogP contribution < -0.4 is 5.32 Å². The van der Waals surface area contributed by atoms with Crippen LogP contribution in [0.2, 0.25) is 0 Å². The number of rotatable bonds is 2. The molecule has 2 heterocycles. The monoisotopic (exact) mass is 332 g/mol. The Balaban J connectivity index is 2.01. The summed E-state index contributed by atoms with van der Waals surface area (Å²) in [7, 11) is 0. The molecule has 3 nitrogen and oxygen atoms in total. The molecule has 20 heavy (non-hydrogen) atoms. The Morgan fingerprint density at radius 2 is 2.20 bits per heavy atom. The molecule has 4 rings (SSSR count). The fourth-order valence-corrected chi connectivity index (χ4v) is 3.46. The molecule has 1 saturated carbocycles. The summed E-state index contributed by atoms with van der Waals surface area (Å²) in [5.41, 5.74) is 6.06. The van der Waals surface area contributed by atoms with Crippen molar-refractivity contribution in [1.29, 1.82) is 0 Å². The van der Waals surface area contributed by atoms with Crippen LogP contribution in [-0.4, -0.2) is 17.6 Å². The first-order valence-electron chi connectivity index (χ1n) is 7.18. The van der Waals surface area contributed by atoms with E-state index >= 15 is 0 Å². The van der Waals surface area contributed by atoms with Gasteiger partial charge in [-0.15, -0.1) is 0 Å². The highest BCUT2D eigenvalue weighted by Gasteiger charge is 2.26. The highest BCUT2D eigenvalue weighted by Crippen LogP contribution is 2.37. The lowest BCUT2D eigenvalue weighted by molar-refractivity contribution is 0.110. The lowest BCUT2D eigenvalue weighted by Crippen LogP contribution is -2.16. The summed E-state index contributed by atoms with van der Waals surface area (Å²) in [5, 5.41) is 4.92. The molecular weight excluding hydrogens is 316 g/mol. The molecule has 2 aromatic rings. The van der Waals surface area contributed by atoms with E-state index in [0.717, 1.165) is 23.0 Å². The number of ether oxygens (including phenoxy) is 1. The van der Waals surface area contributed by atoms with E-state index in [2.05, 4.69) is 40.3 Å². The van der Waals surface area contributed by atoms with Gasteiger partial charge in [0.15, 0.2) is 0 Å².